The monoisotopic (exact) mass is 330 g/mol. The number of aliphatic hydroxyl groups excluding tert-OH is 1. The average Bonchev–Trinajstić information content (AvgIpc) is 2.61. The molecule has 0 spiro atoms. The number of rotatable bonds is 8. The number of benzene rings is 1. The second kappa shape index (κ2) is 9.10. The molecule has 0 atom stereocenters. The standard InChI is InChI=1S/C16H18N4O2S/c1-23-16-19-14(12-5-3-2-4-6-12)13(11-17)15(20-16)18-7-9-22-10-8-21/h2-6,21H,7-10H2,1H3,(H,18,19,20). The Morgan fingerprint density at radius 1 is 1.26 bits per heavy atom. The van der Waals surface area contributed by atoms with Crippen LogP contribution in [0.1, 0.15) is 5.56 Å². The van der Waals surface area contributed by atoms with Crippen LogP contribution in [0, 0.1) is 11.3 Å². The SMILES string of the molecule is CSc1nc(NCCOCCO)c(C#N)c(-c2ccccc2)n1. The van der Waals surface area contributed by atoms with E-state index in [0.717, 1.165) is 5.56 Å². The van der Waals surface area contributed by atoms with Gasteiger partial charge in [0.25, 0.3) is 0 Å². The molecule has 0 saturated carbocycles. The molecular formula is C16H18N4O2S. The van der Waals surface area contributed by atoms with E-state index < -0.39 is 0 Å². The Morgan fingerprint density at radius 3 is 2.70 bits per heavy atom. The molecule has 0 amide bonds. The summed E-state index contributed by atoms with van der Waals surface area (Å²) in [4.78, 5) is 8.85. The summed E-state index contributed by atoms with van der Waals surface area (Å²) in [6.07, 6.45) is 1.89. The van der Waals surface area contributed by atoms with Crippen molar-refractivity contribution in [2.24, 2.45) is 0 Å². The van der Waals surface area contributed by atoms with E-state index in [9.17, 15) is 5.26 Å². The maximum absolute atomic E-state index is 9.52. The number of ether oxygens (including phenoxy) is 1. The Labute approximate surface area is 139 Å². The number of nitriles is 1. The molecule has 0 fully saturated rings. The van der Waals surface area contributed by atoms with Gasteiger partial charge in [-0.2, -0.15) is 5.26 Å². The summed E-state index contributed by atoms with van der Waals surface area (Å²) in [7, 11) is 0. The largest absolute Gasteiger partial charge is 0.394 e. The topological polar surface area (TPSA) is 91.1 Å². The molecule has 1 aromatic heterocycles. The summed E-state index contributed by atoms with van der Waals surface area (Å²) in [6, 6.07) is 11.8. The minimum Gasteiger partial charge on any atom is -0.394 e. The molecule has 2 aromatic rings. The van der Waals surface area contributed by atoms with Gasteiger partial charge in [0.05, 0.1) is 25.5 Å². The summed E-state index contributed by atoms with van der Waals surface area (Å²) in [5, 5.41) is 21.9. The number of aliphatic hydroxyl groups is 1. The van der Waals surface area contributed by atoms with Crippen molar-refractivity contribution < 1.29 is 9.84 Å². The van der Waals surface area contributed by atoms with E-state index in [4.69, 9.17) is 9.84 Å². The number of hydrogen-bond donors (Lipinski definition) is 2. The van der Waals surface area contributed by atoms with Crippen molar-refractivity contribution in [3.8, 4) is 17.3 Å². The van der Waals surface area contributed by atoms with Gasteiger partial charge in [-0.25, -0.2) is 9.97 Å². The minimum atomic E-state index is -0.00820. The maximum atomic E-state index is 9.52. The molecule has 2 N–H and O–H groups in total. The zero-order valence-corrected chi connectivity index (χ0v) is 13.6. The zero-order chi connectivity index (χ0) is 16.5. The van der Waals surface area contributed by atoms with Crippen molar-refractivity contribution in [2.75, 3.05) is 37.9 Å². The zero-order valence-electron chi connectivity index (χ0n) is 12.8. The van der Waals surface area contributed by atoms with Crippen LogP contribution in [-0.4, -0.2) is 47.7 Å². The van der Waals surface area contributed by atoms with Crippen LogP contribution in [0.2, 0.25) is 0 Å². The van der Waals surface area contributed by atoms with Crippen LogP contribution in [-0.2, 0) is 4.74 Å². The number of thioether (sulfide) groups is 1. The van der Waals surface area contributed by atoms with Gasteiger partial charge in [-0.05, 0) is 6.26 Å². The smallest absolute Gasteiger partial charge is 0.189 e. The number of aromatic nitrogens is 2. The third kappa shape index (κ3) is 4.66. The van der Waals surface area contributed by atoms with Gasteiger partial charge in [-0.15, -0.1) is 0 Å². The number of anilines is 1. The van der Waals surface area contributed by atoms with Crippen molar-refractivity contribution in [1.29, 1.82) is 5.26 Å². The summed E-state index contributed by atoms with van der Waals surface area (Å²) in [5.74, 6) is 0.498. The molecule has 2 rings (SSSR count). The first kappa shape index (κ1) is 17.2. The summed E-state index contributed by atoms with van der Waals surface area (Å²) in [6.45, 7) is 1.20. The van der Waals surface area contributed by atoms with Crippen molar-refractivity contribution in [1.82, 2.24) is 9.97 Å². The summed E-state index contributed by atoms with van der Waals surface area (Å²) in [5.41, 5.74) is 1.91. The highest BCUT2D eigenvalue weighted by molar-refractivity contribution is 7.98. The van der Waals surface area contributed by atoms with Crippen molar-refractivity contribution in [2.45, 2.75) is 5.16 Å². The van der Waals surface area contributed by atoms with Crippen LogP contribution in [0.25, 0.3) is 11.3 Å². The molecule has 0 aliphatic carbocycles. The van der Waals surface area contributed by atoms with Gasteiger partial charge < -0.3 is 15.2 Å². The van der Waals surface area contributed by atoms with Crippen LogP contribution >= 0.6 is 11.8 Å². The second-order valence-corrected chi connectivity index (χ2v) is 5.30. The summed E-state index contributed by atoms with van der Waals surface area (Å²) >= 11 is 1.42. The Balaban J connectivity index is 2.29. The van der Waals surface area contributed by atoms with Gasteiger partial charge in [-0.3, -0.25) is 0 Å². The number of hydrogen-bond acceptors (Lipinski definition) is 7. The third-order valence-corrected chi connectivity index (χ3v) is 3.55. The van der Waals surface area contributed by atoms with E-state index in [2.05, 4.69) is 21.4 Å². The Bertz CT molecular complexity index is 674. The van der Waals surface area contributed by atoms with Crippen LogP contribution in [0.5, 0.6) is 0 Å². The molecule has 0 bridgehead atoms. The predicted molar refractivity (Wildman–Crippen MR) is 90.4 cm³/mol. The molecule has 7 heteroatoms. The Kier molecular flexibility index (Phi) is 6.81. The van der Waals surface area contributed by atoms with E-state index in [1.807, 2.05) is 36.6 Å². The van der Waals surface area contributed by atoms with E-state index in [1.165, 1.54) is 11.8 Å². The average molecular weight is 330 g/mol. The van der Waals surface area contributed by atoms with Gasteiger partial charge >= 0.3 is 0 Å². The highest BCUT2D eigenvalue weighted by Gasteiger charge is 2.15. The lowest BCUT2D eigenvalue weighted by molar-refractivity contribution is 0.0992. The molecule has 0 aliphatic heterocycles. The lowest BCUT2D eigenvalue weighted by Crippen LogP contribution is -2.14. The van der Waals surface area contributed by atoms with Gasteiger partial charge in [0.15, 0.2) is 5.16 Å². The summed E-state index contributed by atoms with van der Waals surface area (Å²) < 4.78 is 5.21. The van der Waals surface area contributed by atoms with Crippen molar-refractivity contribution >= 4 is 17.6 Å². The first-order valence-electron chi connectivity index (χ1n) is 7.14. The molecule has 23 heavy (non-hydrogen) atoms. The predicted octanol–water partition coefficient (Wildman–Crippen LogP) is 2.16. The quantitative estimate of drug-likeness (QED) is 0.435. The normalized spacial score (nSPS) is 10.3. The molecule has 0 radical (unpaired) electrons. The fourth-order valence-electron chi connectivity index (χ4n) is 1.98. The van der Waals surface area contributed by atoms with E-state index >= 15 is 0 Å². The first-order valence-corrected chi connectivity index (χ1v) is 8.36. The molecule has 6 nitrogen and oxygen atoms in total. The Hall–Kier alpha value is -2.14. The molecule has 120 valence electrons. The van der Waals surface area contributed by atoms with Gasteiger partial charge in [0, 0.05) is 12.1 Å². The van der Waals surface area contributed by atoms with Crippen LogP contribution in [0.4, 0.5) is 5.82 Å². The highest BCUT2D eigenvalue weighted by atomic mass is 32.2. The van der Waals surface area contributed by atoms with Crippen molar-refractivity contribution in [3.05, 3.63) is 35.9 Å². The fraction of sp³-hybridized carbons (Fsp3) is 0.312. The van der Waals surface area contributed by atoms with Gasteiger partial charge in [0.2, 0.25) is 0 Å². The molecule has 1 aromatic carbocycles. The highest BCUT2D eigenvalue weighted by Crippen LogP contribution is 2.28. The van der Waals surface area contributed by atoms with Crippen molar-refractivity contribution in [3.63, 3.8) is 0 Å². The third-order valence-electron chi connectivity index (χ3n) is 3.00. The number of nitrogens with one attached hydrogen (secondary N) is 1. The molecule has 1 heterocycles. The van der Waals surface area contributed by atoms with Crippen LogP contribution < -0.4 is 5.32 Å². The van der Waals surface area contributed by atoms with E-state index in [-0.39, 0.29) is 6.61 Å². The molecule has 0 aliphatic rings. The second-order valence-electron chi connectivity index (χ2n) is 4.52. The molecular weight excluding hydrogens is 312 g/mol. The lowest BCUT2D eigenvalue weighted by Gasteiger charge is -2.12. The first-order chi connectivity index (χ1) is 11.3. The maximum Gasteiger partial charge on any atom is 0.189 e. The molecule has 0 saturated heterocycles. The molecule has 0 unspecified atom stereocenters. The number of nitrogens with zero attached hydrogens (tertiary/aromatic N) is 3. The van der Waals surface area contributed by atoms with Crippen LogP contribution in [0.3, 0.4) is 0 Å². The Morgan fingerprint density at radius 2 is 2.04 bits per heavy atom. The van der Waals surface area contributed by atoms with E-state index in [0.29, 0.717) is 42.0 Å². The lowest BCUT2D eigenvalue weighted by atomic mass is 10.1. The minimum absolute atomic E-state index is 0.00820. The van der Waals surface area contributed by atoms with Gasteiger partial charge in [-0.1, -0.05) is 42.1 Å². The van der Waals surface area contributed by atoms with Gasteiger partial charge in [0.1, 0.15) is 17.5 Å². The van der Waals surface area contributed by atoms with E-state index in [1.54, 1.807) is 0 Å². The fourth-order valence-corrected chi connectivity index (χ4v) is 2.34. The van der Waals surface area contributed by atoms with Crippen LogP contribution in [0.15, 0.2) is 35.5 Å².